The number of nitrogens with one attached hydrogen (secondary N) is 3. The van der Waals surface area contributed by atoms with E-state index in [9.17, 15) is 14.4 Å². The van der Waals surface area contributed by atoms with Crippen LogP contribution in [0.15, 0.2) is 0 Å². The first kappa shape index (κ1) is 33.5. The molecule has 0 aliphatic carbocycles. The number of hydrogen-bond donors (Lipinski definition) is 7. The summed E-state index contributed by atoms with van der Waals surface area (Å²) < 4.78 is 25.7. The first-order valence-electron chi connectivity index (χ1n) is 10.7. The van der Waals surface area contributed by atoms with Gasteiger partial charge < -0.3 is 45.4 Å². The smallest absolute Gasteiger partial charge is 0.407 e. The summed E-state index contributed by atoms with van der Waals surface area (Å²) >= 11 is 1.27. The van der Waals surface area contributed by atoms with Crippen molar-refractivity contribution < 1.29 is 52.7 Å². The van der Waals surface area contributed by atoms with Crippen molar-refractivity contribution in [3.8, 4) is 0 Å². The zero-order valence-electron chi connectivity index (χ0n) is 20.0. The summed E-state index contributed by atoms with van der Waals surface area (Å²) in [4.78, 5) is 61.0. The Morgan fingerprint density at radius 2 is 1.46 bits per heavy atom. The Kier molecular flexibility index (Phi) is 19.8. The molecule has 0 aliphatic heterocycles. The van der Waals surface area contributed by atoms with Gasteiger partial charge in [0.15, 0.2) is 6.16 Å². The van der Waals surface area contributed by atoms with Gasteiger partial charge in [-0.1, -0.05) is 0 Å². The lowest BCUT2D eigenvalue weighted by molar-refractivity contribution is -0.122. The van der Waals surface area contributed by atoms with Crippen molar-refractivity contribution >= 4 is 37.8 Å². The van der Waals surface area contributed by atoms with Crippen LogP contribution in [0.25, 0.3) is 0 Å². The number of rotatable bonds is 20. The van der Waals surface area contributed by atoms with Gasteiger partial charge >= 0.3 is 20.1 Å². The maximum Gasteiger partial charge on any atom is 0.407 e. The topological polar surface area (TPSA) is 220 Å². The second-order valence-corrected chi connectivity index (χ2v) is 9.72. The molecular formula is C18H38N4O11PS+. The Balaban J connectivity index is 3.82. The van der Waals surface area contributed by atoms with Crippen LogP contribution in [-0.2, 0) is 28.5 Å². The van der Waals surface area contributed by atoms with Crippen molar-refractivity contribution in [3.05, 3.63) is 0 Å². The van der Waals surface area contributed by atoms with E-state index in [1.165, 1.54) is 25.9 Å². The first-order chi connectivity index (χ1) is 16.6. The Hall–Kier alpha value is -1.49. The molecule has 35 heavy (non-hydrogen) atoms. The molecule has 3 amide bonds. The van der Waals surface area contributed by atoms with E-state index in [4.69, 9.17) is 44.1 Å². The molecule has 8 N–H and O–H groups in total. The number of hydrogen-bond acceptors (Lipinski definition) is 13. The van der Waals surface area contributed by atoms with Crippen LogP contribution < -0.4 is 21.7 Å². The minimum Gasteiger partial charge on any atom is -0.446 e. The third-order valence-electron chi connectivity index (χ3n) is 3.85. The number of carbonyl (C=O) groups excluding carboxylic acids is 3. The molecule has 0 heterocycles. The van der Waals surface area contributed by atoms with Gasteiger partial charge in [-0.15, -0.1) is 0 Å². The van der Waals surface area contributed by atoms with Crippen LogP contribution in [0.4, 0.5) is 9.59 Å². The summed E-state index contributed by atoms with van der Waals surface area (Å²) in [6, 6.07) is -0.793. The second-order valence-electron chi connectivity index (χ2n) is 6.81. The van der Waals surface area contributed by atoms with Crippen LogP contribution in [0.2, 0.25) is 0 Å². The third kappa shape index (κ3) is 21.5. The normalized spacial score (nSPS) is 13.0. The van der Waals surface area contributed by atoms with E-state index >= 15 is 0 Å². The van der Waals surface area contributed by atoms with Gasteiger partial charge in [0.05, 0.1) is 45.7 Å². The second kappa shape index (κ2) is 20.7. The molecule has 0 aliphatic rings. The molecular weight excluding hydrogens is 511 g/mol. The molecule has 17 heteroatoms. The van der Waals surface area contributed by atoms with Gasteiger partial charge in [-0.2, -0.15) is 26.4 Å². The van der Waals surface area contributed by atoms with Crippen LogP contribution >= 0.6 is 19.7 Å². The summed E-state index contributed by atoms with van der Waals surface area (Å²) in [6.07, 6.45) is -2.25. The van der Waals surface area contributed by atoms with Crippen LogP contribution in [0.1, 0.15) is 0 Å². The molecule has 0 spiro atoms. The van der Waals surface area contributed by atoms with Gasteiger partial charge in [-0.05, 0) is 0 Å². The zero-order valence-corrected chi connectivity index (χ0v) is 21.7. The van der Waals surface area contributed by atoms with Crippen LogP contribution in [-0.4, -0.2) is 129 Å². The molecule has 0 bridgehead atoms. The van der Waals surface area contributed by atoms with Crippen molar-refractivity contribution in [1.29, 1.82) is 0 Å². The molecule has 0 aromatic carbocycles. The molecule has 0 saturated carbocycles. The number of amides is 3. The number of nitrogens with two attached hydrogens (primary N) is 1. The van der Waals surface area contributed by atoms with Crippen molar-refractivity contribution in [2.24, 2.45) is 5.73 Å². The molecule has 0 aromatic rings. The quantitative estimate of drug-likeness (QED) is 0.0648. The predicted octanol–water partition coefficient (Wildman–Crippen LogP) is -1.97. The molecule has 0 aromatic heterocycles. The van der Waals surface area contributed by atoms with Crippen molar-refractivity contribution in [1.82, 2.24) is 16.0 Å². The van der Waals surface area contributed by atoms with E-state index in [1.54, 1.807) is 0 Å². The largest absolute Gasteiger partial charge is 0.446 e. The number of alkyl carbamates (subject to hydrolysis) is 2. The highest BCUT2D eigenvalue weighted by Crippen LogP contribution is 2.43. The van der Waals surface area contributed by atoms with Crippen molar-refractivity contribution in [2.45, 2.75) is 12.1 Å². The predicted molar refractivity (Wildman–Crippen MR) is 129 cm³/mol. The van der Waals surface area contributed by atoms with Crippen LogP contribution in [0, 0.1) is 0 Å². The molecule has 0 fully saturated rings. The Bertz CT molecular complexity index is 601. The van der Waals surface area contributed by atoms with Gasteiger partial charge in [-0.3, -0.25) is 4.79 Å². The van der Waals surface area contributed by atoms with Gasteiger partial charge in [-0.25, -0.2) is 9.59 Å². The molecule has 0 saturated heterocycles. The fourth-order valence-corrected chi connectivity index (χ4v) is 3.42. The van der Waals surface area contributed by atoms with E-state index < -0.39 is 32.3 Å². The van der Waals surface area contributed by atoms with E-state index in [-0.39, 0.29) is 63.2 Å². The minimum absolute atomic E-state index is 0.0218. The molecule has 0 rings (SSSR count). The number of thioether (sulfide) groups is 1. The maximum atomic E-state index is 12.1. The Morgan fingerprint density at radius 1 is 0.886 bits per heavy atom. The average Bonchev–Trinajstić information content (AvgIpc) is 2.81. The van der Waals surface area contributed by atoms with Crippen molar-refractivity contribution in [2.75, 3.05) is 84.6 Å². The average molecular weight is 550 g/mol. The monoisotopic (exact) mass is 549 g/mol. The molecule has 2 unspecified atom stereocenters. The molecule has 2 atom stereocenters. The Morgan fingerprint density at radius 3 is 2.03 bits per heavy atom. The highest BCUT2D eigenvalue weighted by molar-refractivity contribution is 7.99. The lowest BCUT2D eigenvalue weighted by Gasteiger charge is -2.18. The van der Waals surface area contributed by atoms with Crippen LogP contribution in [0.3, 0.4) is 0 Å². The van der Waals surface area contributed by atoms with E-state index in [2.05, 4.69) is 16.0 Å². The van der Waals surface area contributed by atoms with Gasteiger partial charge in [0.25, 0.3) is 0 Å². The SMILES string of the molecule is CNC(=O)OCC(CSCC(N)C(=O)NCCOCCOCCOCC[P+](O)(O)O)OC(=O)NC. The van der Waals surface area contributed by atoms with E-state index in [1.807, 2.05) is 0 Å². The summed E-state index contributed by atoms with van der Waals surface area (Å²) in [7, 11) is -0.978. The summed E-state index contributed by atoms with van der Waals surface area (Å²) in [5.74, 6) is 0.166. The zero-order chi connectivity index (χ0) is 26.5. The highest BCUT2D eigenvalue weighted by Gasteiger charge is 2.28. The Labute approximate surface area is 209 Å². The van der Waals surface area contributed by atoms with Gasteiger partial charge in [0.1, 0.15) is 12.7 Å². The fraction of sp³-hybridized carbons (Fsp3) is 0.833. The maximum absolute atomic E-state index is 12.1. The summed E-state index contributed by atoms with van der Waals surface area (Å²) in [5.41, 5.74) is 5.87. The summed E-state index contributed by atoms with van der Waals surface area (Å²) in [5, 5.41) is 7.25. The molecule has 206 valence electrons. The number of carbonyl (C=O) groups is 3. The molecule has 0 radical (unpaired) electrons. The lowest BCUT2D eigenvalue weighted by atomic mass is 10.3. The van der Waals surface area contributed by atoms with Gasteiger partial charge in [0.2, 0.25) is 5.91 Å². The standard InChI is InChI=1S/C18H37N4O11PS/c1-20-17(24)32-11-14(33-18(25)21-2)12-35-13-15(19)16(23)22-3-4-29-5-6-30-7-8-31-9-10-34(26,27)28/h14-15,26-28H,3-13,19H2,1-2H3,(H2-,20,21,22,23,24,25)/p+1. The number of ether oxygens (including phenoxy) is 5. The van der Waals surface area contributed by atoms with Gasteiger partial charge in [0, 0.05) is 32.1 Å². The van der Waals surface area contributed by atoms with E-state index in [0.29, 0.717) is 13.2 Å². The third-order valence-corrected chi connectivity index (χ3v) is 5.83. The fourth-order valence-electron chi connectivity index (χ4n) is 2.08. The van der Waals surface area contributed by atoms with E-state index in [0.717, 1.165) is 0 Å². The summed E-state index contributed by atoms with van der Waals surface area (Å²) in [6.45, 7) is 1.55. The first-order valence-corrected chi connectivity index (χ1v) is 13.7. The highest BCUT2D eigenvalue weighted by atomic mass is 32.2. The minimum atomic E-state index is -3.79. The molecule has 15 nitrogen and oxygen atoms in total. The van der Waals surface area contributed by atoms with Crippen LogP contribution in [0.5, 0.6) is 0 Å². The van der Waals surface area contributed by atoms with Crippen molar-refractivity contribution in [3.63, 3.8) is 0 Å². The lowest BCUT2D eigenvalue weighted by Crippen LogP contribution is -2.43.